The van der Waals surface area contributed by atoms with Gasteiger partial charge in [-0.2, -0.15) is 4.98 Å². The molecule has 7 heteroatoms. The minimum absolute atomic E-state index is 0.166. The molecule has 0 radical (unpaired) electrons. The Morgan fingerprint density at radius 3 is 2.86 bits per heavy atom. The van der Waals surface area contributed by atoms with Crippen LogP contribution in [0.5, 0.6) is 5.75 Å². The first-order valence-electron chi connectivity index (χ1n) is 9.63. The minimum atomic E-state index is -0.228. The molecule has 1 aliphatic rings. The van der Waals surface area contributed by atoms with Crippen LogP contribution in [0.15, 0.2) is 52.9 Å². The van der Waals surface area contributed by atoms with Crippen molar-refractivity contribution >= 4 is 28.8 Å². The van der Waals surface area contributed by atoms with Crippen molar-refractivity contribution in [3.05, 3.63) is 48.5 Å². The SMILES string of the molecule is CCOc1ccc(NC(=O)NC[C@H]2CCCN2c2nc3ccccc3o2)cc1. The fourth-order valence-corrected chi connectivity index (χ4v) is 3.47. The Balaban J connectivity index is 1.33. The van der Waals surface area contributed by atoms with E-state index in [-0.39, 0.29) is 12.1 Å². The summed E-state index contributed by atoms with van der Waals surface area (Å²) in [5, 5.41) is 5.80. The van der Waals surface area contributed by atoms with Crippen LogP contribution in [0.2, 0.25) is 0 Å². The van der Waals surface area contributed by atoms with E-state index in [0.717, 1.165) is 41.9 Å². The van der Waals surface area contributed by atoms with Crippen LogP contribution in [0.1, 0.15) is 19.8 Å². The van der Waals surface area contributed by atoms with Gasteiger partial charge in [0.15, 0.2) is 5.58 Å². The fourth-order valence-electron chi connectivity index (χ4n) is 3.47. The summed E-state index contributed by atoms with van der Waals surface area (Å²) >= 11 is 0. The number of nitrogens with zero attached hydrogens (tertiary/aromatic N) is 2. The number of hydrogen-bond donors (Lipinski definition) is 2. The van der Waals surface area contributed by atoms with Crippen molar-refractivity contribution in [2.75, 3.05) is 29.9 Å². The van der Waals surface area contributed by atoms with Crippen molar-refractivity contribution in [2.24, 2.45) is 0 Å². The molecule has 4 rings (SSSR count). The molecule has 0 bridgehead atoms. The summed E-state index contributed by atoms with van der Waals surface area (Å²) in [5.74, 6) is 0.786. The lowest BCUT2D eigenvalue weighted by molar-refractivity contribution is 0.251. The van der Waals surface area contributed by atoms with Gasteiger partial charge in [-0.05, 0) is 56.2 Å². The summed E-state index contributed by atoms with van der Waals surface area (Å²) in [4.78, 5) is 19.0. The van der Waals surface area contributed by atoms with Gasteiger partial charge in [0, 0.05) is 18.8 Å². The summed E-state index contributed by atoms with van der Waals surface area (Å²) in [6, 6.07) is 15.6. The van der Waals surface area contributed by atoms with Crippen molar-refractivity contribution in [1.82, 2.24) is 10.3 Å². The fraction of sp³-hybridized carbons (Fsp3) is 0.333. The van der Waals surface area contributed by atoms with Gasteiger partial charge < -0.3 is 24.7 Å². The summed E-state index contributed by atoms with van der Waals surface area (Å²) in [7, 11) is 0. The molecule has 7 nitrogen and oxygen atoms in total. The van der Waals surface area contributed by atoms with E-state index in [1.54, 1.807) is 0 Å². The van der Waals surface area contributed by atoms with Gasteiger partial charge in [0.25, 0.3) is 6.01 Å². The highest BCUT2D eigenvalue weighted by atomic mass is 16.5. The van der Waals surface area contributed by atoms with Crippen LogP contribution in [0.4, 0.5) is 16.5 Å². The molecular formula is C21H24N4O3. The van der Waals surface area contributed by atoms with Gasteiger partial charge in [-0.15, -0.1) is 0 Å². The summed E-state index contributed by atoms with van der Waals surface area (Å²) in [6.07, 6.45) is 2.04. The first kappa shape index (κ1) is 18.2. The molecular weight excluding hydrogens is 356 g/mol. The number of urea groups is 1. The Morgan fingerprint density at radius 2 is 2.07 bits per heavy atom. The Labute approximate surface area is 163 Å². The van der Waals surface area contributed by atoms with Crippen LogP contribution in [0, 0.1) is 0 Å². The van der Waals surface area contributed by atoms with E-state index in [4.69, 9.17) is 9.15 Å². The maximum atomic E-state index is 12.3. The molecule has 146 valence electrons. The zero-order valence-electron chi connectivity index (χ0n) is 15.9. The predicted molar refractivity (Wildman–Crippen MR) is 109 cm³/mol. The van der Waals surface area contributed by atoms with Gasteiger partial charge in [0.05, 0.1) is 12.6 Å². The van der Waals surface area contributed by atoms with Crippen LogP contribution in [-0.2, 0) is 0 Å². The number of rotatable bonds is 6. The topological polar surface area (TPSA) is 79.6 Å². The van der Waals surface area contributed by atoms with Gasteiger partial charge in [-0.1, -0.05) is 12.1 Å². The number of anilines is 2. The van der Waals surface area contributed by atoms with E-state index in [0.29, 0.717) is 19.2 Å². The normalized spacial score (nSPS) is 16.3. The molecule has 2 amide bonds. The van der Waals surface area contributed by atoms with Crippen molar-refractivity contribution in [3.63, 3.8) is 0 Å². The largest absolute Gasteiger partial charge is 0.494 e. The highest BCUT2D eigenvalue weighted by molar-refractivity contribution is 5.89. The molecule has 1 atom stereocenters. The zero-order chi connectivity index (χ0) is 19.3. The number of amides is 2. The Hall–Kier alpha value is -3.22. The van der Waals surface area contributed by atoms with E-state index in [2.05, 4.69) is 20.5 Å². The third-order valence-electron chi connectivity index (χ3n) is 4.83. The number of carbonyl (C=O) groups is 1. The summed E-state index contributed by atoms with van der Waals surface area (Å²) in [6.45, 7) is 3.96. The van der Waals surface area contributed by atoms with E-state index in [1.807, 2.05) is 55.5 Å². The van der Waals surface area contributed by atoms with Crippen LogP contribution in [-0.4, -0.2) is 36.8 Å². The third-order valence-corrected chi connectivity index (χ3v) is 4.83. The molecule has 2 heterocycles. The molecule has 1 saturated heterocycles. The molecule has 0 aliphatic carbocycles. The van der Waals surface area contributed by atoms with Gasteiger partial charge in [0.2, 0.25) is 0 Å². The van der Waals surface area contributed by atoms with Crippen LogP contribution in [0.3, 0.4) is 0 Å². The Morgan fingerprint density at radius 1 is 1.25 bits per heavy atom. The maximum absolute atomic E-state index is 12.3. The van der Waals surface area contributed by atoms with Gasteiger partial charge in [-0.25, -0.2) is 4.79 Å². The number of ether oxygens (including phenoxy) is 1. The Kier molecular flexibility index (Phi) is 5.32. The number of para-hydroxylation sites is 2. The van der Waals surface area contributed by atoms with Gasteiger partial charge in [-0.3, -0.25) is 0 Å². The molecule has 1 aliphatic heterocycles. The van der Waals surface area contributed by atoms with Crippen LogP contribution < -0.4 is 20.3 Å². The molecule has 1 aromatic heterocycles. The maximum Gasteiger partial charge on any atom is 0.319 e. The smallest absolute Gasteiger partial charge is 0.319 e. The van der Waals surface area contributed by atoms with Crippen molar-refractivity contribution in [1.29, 1.82) is 0 Å². The molecule has 3 aromatic rings. The minimum Gasteiger partial charge on any atom is -0.494 e. The lowest BCUT2D eigenvalue weighted by Gasteiger charge is -2.23. The molecule has 2 N–H and O–H groups in total. The van der Waals surface area contributed by atoms with Gasteiger partial charge >= 0.3 is 6.03 Å². The number of benzene rings is 2. The zero-order valence-corrected chi connectivity index (χ0v) is 15.9. The van der Waals surface area contributed by atoms with E-state index in [9.17, 15) is 4.79 Å². The Bertz CT molecular complexity index is 905. The average Bonchev–Trinajstić information content (AvgIpc) is 3.34. The second kappa shape index (κ2) is 8.21. The lowest BCUT2D eigenvalue weighted by atomic mass is 10.2. The second-order valence-corrected chi connectivity index (χ2v) is 6.75. The number of aromatic nitrogens is 1. The molecule has 1 fully saturated rings. The van der Waals surface area contributed by atoms with E-state index in [1.165, 1.54) is 0 Å². The molecule has 28 heavy (non-hydrogen) atoms. The second-order valence-electron chi connectivity index (χ2n) is 6.75. The monoisotopic (exact) mass is 380 g/mol. The quantitative estimate of drug-likeness (QED) is 0.675. The van der Waals surface area contributed by atoms with E-state index < -0.39 is 0 Å². The third kappa shape index (κ3) is 4.03. The van der Waals surface area contributed by atoms with Crippen molar-refractivity contribution < 1.29 is 13.9 Å². The lowest BCUT2D eigenvalue weighted by Crippen LogP contribution is -2.41. The van der Waals surface area contributed by atoms with Crippen molar-refractivity contribution in [3.8, 4) is 5.75 Å². The molecule has 0 saturated carbocycles. The number of fused-ring (bicyclic) bond motifs is 1. The molecule has 0 unspecified atom stereocenters. The number of nitrogens with one attached hydrogen (secondary N) is 2. The summed E-state index contributed by atoms with van der Waals surface area (Å²) < 4.78 is 11.3. The first-order valence-corrected chi connectivity index (χ1v) is 9.63. The molecule has 2 aromatic carbocycles. The van der Waals surface area contributed by atoms with Crippen LogP contribution in [0.25, 0.3) is 11.1 Å². The first-order chi connectivity index (χ1) is 13.7. The number of hydrogen-bond acceptors (Lipinski definition) is 5. The highest BCUT2D eigenvalue weighted by Gasteiger charge is 2.28. The number of oxazole rings is 1. The van der Waals surface area contributed by atoms with E-state index >= 15 is 0 Å². The predicted octanol–water partition coefficient (Wildman–Crippen LogP) is 4.02. The van der Waals surface area contributed by atoms with Crippen molar-refractivity contribution in [2.45, 2.75) is 25.8 Å². The molecule has 0 spiro atoms. The van der Waals surface area contributed by atoms with Crippen LogP contribution >= 0.6 is 0 Å². The standard InChI is InChI=1S/C21H24N4O3/c1-2-27-17-11-9-15(10-12-17)23-20(26)22-14-16-6-5-13-25(16)21-24-18-7-3-4-8-19(18)28-21/h3-4,7-12,16H,2,5-6,13-14H2,1H3,(H2,22,23,26)/t16-/m1/s1. The van der Waals surface area contributed by atoms with Gasteiger partial charge in [0.1, 0.15) is 11.3 Å². The number of carbonyl (C=O) groups excluding carboxylic acids is 1. The average molecular weight is 380 g/mol. The summed E-state index contributed by atoms with van der Waals surface area (Å²) in [5.41, 5.74) is 2.36. The highest BCUT2D eigenvalue weighted by Crippen LogP contribution is 2.28.